The first-order valence-electron chi connectivity index (χ1n) is 7.62. The summed E-state index contributed by atoms with van der Waals surface area (Å²) in [6.07, 6.45) is 1.96. The first-order valence-corrected chi connectivity index (χ1v) is 7.62. The summed E-state index contributed by atoms with van der Waals surface area (Å²) < 4.78 is 0. The van der Waals surface area contributed by atoms with Crippen molar-refractivity contribution in [3.05, 3.63) is 11.9 Å². The lowest BCUT2D eigenvalue weighted by atomic mass is 10.3. The fraction of sp³-hybridized carbons (Fsp3) is 0.733. The van der Waals surface area contributed by atoms with Crippen LogP contribution in [0.5, 0.6) is 0 Å². The lowest BCUT2D eigenvalue weighted by Gasteiger charge is -2.20. The Bertz CT molecular complexity index is 392. The van der Waals surface area contributed by atoms with E-state index in [1.807, 2.05) is 6.07 Å². The lowest BCUT2D eigenvalue weighted by molar-refractivity contribution is 0.273. The van der Waals surface area contributed by atoms with Crippen LogP contribution in [0.15, 0.2) is 6.07 Å². The molecule has 0 aliphatic carbocycles. The predicted molar refractivity (Wildman–Crippen MR) is 86.4 cm³/mol. The van der Waals surface area contributed by atoms with E-state index in [0.717, 1.165) is 49.9 Å². The van der Waals surface area contributed by atoms with E-state index in [-0.39, 0.29) is 0 Å². The standard InChI is InChI=1S/C15H29N5/c1-6-13-18-14(16-7-2)11-15(19-13)17-9-8-10-20(5)12(3)4/h11-12H,6-10H2,1-5H3,(H2,16,17,18,19). The summed E-state index contributed by atoms with van der Waals surface area (Å²) in [5.41, 5.74) is 0. The van der Waals surface area contributed by atoms with Crippen LogP contribution in [0.1, 0.15) is 39.9 Å². The molecule has 2 N–H and O–H groups in total. The van der Waals surface area contributed by atoms with E-state index in [1.165, 1.54) is 0 Å². The molecule has 0 radical (unpaired) electrons. The van der Waals surface area contributed by atoms with Crippen molar-refractivity contribution in [1.29, 1.82) is 0 Å². The zero-order valence-corrected chi connectivity index (χ0v) is 13.5. The first kappa shape index (κ1) is 16.7. The number of hydrogen-bond acceptors (Lipinski definition) is 5. The number of aryl methyl sites for hydroxylation is 1. The number of rotatable bonds is 9. The Hall–Kier alpha value is -1.36. The molecule has 0 amide bonds. The highest BCUT2D eigenvalue weighted by atomic mass is 15.1. The van der Waals surface area contributed by atoms with Gasteiger partial charge in [0, 0.05) is 31.6 Å². The zero-order valence-electron chi connectivity index (χ0n) is 13.5. The Balaban J connectivity index is 2.48. The Morgan fingerprint density at radius 3 is 2.35 bits per heavy atom. The van der Waals surface area contributed by atoms with Crippen molar-refractivity contribution in [2.24, 2.45) is 0 Å². The van der Waals surface area contributed by atoms with Gasteiger partial charge >= 0.3 is 0 Å². The van der Waals surface area contributed by atoms with Gasteiger partial charge in [-0.25, -0.2) is 9.97 Å². The van der Waals surface area contributed by atoms with Crippen molar-refractivity contribution in [2.75, 3.05) is 37.3 Å². The summed E-state index contributed by atoms with van der Waals surface area (Å²) in [5, 5.41) is 6.64. The maximum atomic E-state index is 4.51. The molecular formula is C15H29N5. The summed E-state index contributed by atoms with van der Waals surface area (Å²) in [4.78, 5) is 11.3. The average Bonchev–Trinajstić information content (AvgIpc) is 2.43. The van der Waals surface area contributed by atoms with Crippen LogP contribution in [-0.4, -0.2) is 47.6 Å². The molecule has 0 spiro atoms. The van der Waals surface area contributed by atoms with Gasteiger partial charge in [-0.3, -0.25) is 0 Å². The molecule has 1 heterocycles. The highest BCUT2D eigenvalue weighted by Gasteiger charge is 2.04. The average molecular weight is 279 g/mol. The van der Waals surface area contributed by atoms with Crippen LogP contribution >= 0.6 is 0 Å². The molecule has 0 unspecified atom stereocenters. The topological polar surface area (TPSA) is 53.1 Å². The van der Waals surface area contributed by atoms with Crippen LogP contribution in [0.3, 0.4) is 0 Å². The first-order chi connectivity index (χ1) is 9.56. The second-order valence-corrected chi connectivity index (χ2v) is 5.29. The molecule has 1 rings (SSSR count). The molecule has 0 aliphatic heterocycles. The van der Waals surface area contributed by atoms with Gasteiger partial charge in [-0.05, 0) is 40.8 Å². The fourth-order valence-electron chi connectivity index (χ4n) is 1.82. The van der Waals surface area contributed by atoms with Gasteiger partial charge in [-0.1, -0.05) is 6.92 Å². The van der Waals surface area contributed by atoms with Crippen LogP contribution in [0.4, 0.5) is 11.6 Å². The molecular weight excluding hydrogens is 250 g/mol. The van der Waals surface area contributed by atoms with Crippen LogP contribution < -0.4 is 10.6 Å². The molecule has 0 fully saturated rings. The van der Waals surface area contributed by atoms with Crippen LogP contribution in [0.25, 0.3) is 0 Å². The predicted octanol–water partition coefficient (Wildman–Crippen LogP) is 2.61. The summed E-state index contributed by atoms with van der Waals surface area (Å²) in [6.45, 7) is 11.5. The highest BCUT2D eigenvalue weighted by molar-refractivity contribution is 5.47. The third-order valence-electron chi connectivity index (χ3n) is 3.32. The van der Waals surface area contributed by atoms with Gasteiger partial charge in [-0.15, -0.1) is 0 Å². The van der Waals surface area contributed by atoms with E-state index in [4.69, 9.17) is 0 Å². The minimum Gasteiger partial charge on any atom is -0.370 e. The van der Waals surface area contributed by atoms with E-state index in [9.17, 15) is 0 Å². The van der Waals surface area contributed by atoms with Crippen molar-refractivity contribution < 1.29 is 0 Å². The Morgan fingerprint density at radius 1 is 1.15 bits per heavy atom. The number of nitrogens with zero attached hydrogens (tertiary/aromatic N) is 3. The third-order valence-corrected chi connectivity index (χ3v) is 3.32. The molecule has 20 heavy (non-hydrogen) atoms. The molecule has 1 aromatic rings. The minimum atomic E-state index is 0.598. The SMILES string of the molecule is CCNc1cc(NCCCN(C)C(C)C)nc(CC)n1. The van der Waals surface area contributed by atoms with Crippen LogP contribution in [0.2, 0.25) is 0 Å². The molecule has 0 saturated heterocycles. The normalized spacial score (nSPS) is 11.2. The molecule has 0 bridgehead atoms. The van der Waals surface area contributed by atoms with Crippen molar-refractivity contribution in [3.8, 4) is 0 Å². The van der Waals surface area contributed by atoms with Crippen LogP contribution in [0, 0.1) is 0 Å². The smallest absolute Gasteiger partial charge is 0.132 e. The Morgan fingerprint density at radius 2 is 1.80 bits per heavy atom. The maximum absolute atomic E-state index is 4.51. The summed E-state index contributed by atoms with van der Waals surface area (Å²) in [5.74, 6) is 2.70. The molecule has 0 aromatic carbocycles. The van der Waals surface area contributed by atoms with E-state index in [0.29, 0.717) is 6.04 Å². The molecule has 114 valence electrons. The number of anilines is 2. The van der Waals surface area contributed by atoms with Crippen molar-refractivity contribution >= 4 is 11.6 Å². The second-order valence-electron chi connectivity index (χ2n) is 5.29. The fourth-order valence-corrected chi connectivity index (χ4v) is 1.82. The van der Waals surface area contributed by atoms with E-state index in [2.05, 4.69) is 60.2 Å². The molecule has 0 aliphatic rings. The van der Waals surface area contributed by atoms with Crippen molar-refractivity contribution in [2.45, 2.75) is 46.6 Å². The third kappa shape index (κ3) is 5.74. The molecule has 5 heteroatoms. The van der Waals surface area contributed by atoms with E-state index in [1.54, 1.807) is 0 Å². The highest BCUT2D eigenvalue weighted by Crippen LogP contribution is 2.11. The van der Waals surface area contributed by atoms with Gasteiger partial charge in [-0.2, -0.15) is 0 Å². The summed E-state index contributed by atoms with van der Waals surface area (Å²) in [6, 6.07) is 2.58. The van der Waals surface area contributed by atoms with E-state index >= 15 is 0 Å². The monoisotopic (exact) mass is 279 g/mol. The molecule has 0 saturated carbocycles. The van der Waals surface area contributed by atoms with E-state index < -0.39 is 0 Å². The minimum absolute atomic E-state index is 0.598. The number of hydrogen-bond donors (Lipinski definition) is 2. The largest absolute Gasteiger partial charge is 0.370 e. The van der Waals surface area contributed by atoms with Crippen LogP contribution in [-0.2, 0) is 6.42 Å². The zero-order chi connectivity index (χ0) is 15.0. The van der Waals surface area contributed by atoms with Gasteiger partial charge in [0.1, 0.15) is 17.5 Å². The van der Waals surface area contributed by atoms with Gasteiger partial charge in [0.2, 0.25) is 0 Å². The van der Waals surface area contributed by atoms with Gasteiger partial charge in [0.25, 0.3) is 0 Å². The molecule has 5 nitrogen and oxygen atoms in total. The summed E-state index contributed by atoms with van der Waals surface area (Å²) >= 11 is 0. The van der Waals surface area contributed by atoms with Crippen molar-refractivity contribution in [3.63, 3.8) is 0 Å². The number of nitrogens with one attached hydrogen (secondary N) is 2. The molecule has 0 atom stereocenters. The Kier molecular flexibility index (Phi) is 7.30. The second kappa shape index (κ2) is 8.74. The van der Waals surface area contributed by atoms with Gasteiger partial charge < -0.3 is 15.5 Å². The quantitative estimate of drug-likeness (QED) is 0.681. The van der Waals surface area contributed by atoms with Gasteiger partial charge in [0.05, 0.1) is 0 Å². The Labute approximate surface area is 123 Å². The lowest BCUT2D eigenvalue weighted by Crippen LogP contribution is -2.28. The summed E-state index contributed by atoms with van der Waals surface area (Å²) in [7, 11) is 2.16. The van der Waals surface area contributed by atoms with Crippen molar-refractivity contribution in [1.82, 2.24) is 14.9 Å². The number of aromatic nitrogens is 2. The van der Waals surface area contributed by atoms with Gasteiger partial charge in [0.15, 0.2) is 0 Å². The molecule has 1 aromatic heterocycles. The maximum Gasteiger partial charge on any atom is 0.132 e.